The van der Waals surface area contributed by atoms with Crippen molar-refractivity contribution in [1.29, 1.82) is 0 Å². The van der Waals surface area contributed by atoms with Crippen LogP contribution in [0.2, 0.25) is 0 Å². The van der Waals surface area contributed by atoms with Crippen LogP contribution in [0.15, 0.2) is 104 Å². The molecule has 0 bridgehead atoms. The molecule has 32 heteroatoms. The SMILES string of the molecule is Cc1c(C)c2c(c(C)c1O)CCC(C)(C(=O)NCCNC(=O)CCCC[N+]1=C(/C=C/C=C/C=C3/N(CCCCC(=O)ON4C(=O)CCC4=O)c4ccc5c(S(=O)(=O)[O-])cc(S(=O)(=O)[O-])cc5c4C3(C)C)C(C)(C)c3c1ccc1c(S(=O)(=O)[O-])cc(S(=O)(=O)[O-])cc31)O2.[K+].[K+].[K+]. The van der Waals surface area contributed by atoms with E-state index in [0.29, 0.717) is 93.7 Å². The predicted octanol–water partition coefficient (Wildman–Crippen LogP) is -2.61. The van der Waals surface area contributed by atoms with Gasteiger partial charge >= 0.3 is 160 Å². The van der Waals surface area contributed by atoms with E-state index in [1.807, 2.05) is 23.3 Å². The van der Waals surface area contributed by atoms with Crippen LogP contribution in [0, 0.1) is 20.8 Å². The van der Waals surface area contributed by atoms with Crippen LogP contribution in [0.3, 0.4) is 0 Å². The van der Waals surface area contributed by atoms with Gasteiger partial charge in [0.15, 0.2) is 11.3 Å². The summed E-state index contributed by atoms with van der Waals surface area (Å²) in [4.78, 5) is 66.8. The molecule has 4 heterocycles. The summed E-state index contributed by atoms with van der Waals surface area (Å²) in [5.74, 6) is -2.04. The minimum Gasteiger partial charge on any atom is -0.744 e. The van der Waals surface area contributed by atoms with Gasteiger partial charge in [-0.25, -0.2) is 38.5 Å². The van der Waals surface area contributed by atoms with Gasteiger partial charge in [0, 0.05) is 104 Å². The largest absolute Gasteiger partial charge is 1.00 e. The van der Waals surface area contributed by atoms with Crippen molar-refractivity contribution in [1.82, 2.24) is 15.7 Å². The first-order valence-corrected chi connectivity index (χ1v) is 35.1. The van der Waals surface area contributed by atoms with Gasteiger partial charge in [-0.2, -0.15) is 4.58 Å². The third kappa shape index (κ3) is 17.0. The van der Waals surface area contributed by atoms with Gasteiger partial charge in [0.25, 0.3) is 17.7 Å². The van der Waals surface area contributed by atoms with Crippen molar-refractivity contribution in [2.45, 2.75) is 156 Å². The molecule has 3 N–H and O–H groups in total. The van der Waals surface area contributed by atoms with E-state index in [9.17, 15) is 81.0 Å². The third-order valence-electron chi connectivity index (χ3n) is 17.6. The Bertz CT molecular complexity index is 4610. The van der Waals surface area contributed by atoms with Crippen LogP contribution in [0.4, 0.5) is 11.4 Å². The maximum absolute atomic E-state index is 13.5. The van der Waals surface area contributed by atoms with Crippen LogP contribution in [0.1, 0.15) is 126 Å². The Balaban J connectivity index is 0.00000476. The van der Waals surface area contributed by atoms with Gasteiger partial charge in [0.1, 0.15) is 58.5 Å². The number of benzene rings is 5. The molecule has 5 aromatic rings. The Morgan fingerprint density at radius 3 is 1.79 bits per heavy atom. The number of hydroxylamine groups is 2. The average Bonchev–Trinajstić information content (AvgIpc) is 1.61. The van der Waals surface area contributed by atoms with Crippen molar-refractivity contribution in [2.24, 2.45) is 0 Å². The molecule has 492 valence electrons. The zero-order chi connectivity index (χ0) is 67.6. The number of carbonyl (C=O) groups is 5. The van der Waals surface area contributed by atoms with Crippen molar-refractivity contribution in [3.8, 4) is 11.5 Å². The maximum Gasteiger partial charge on any atom is 1.00 e. The number of phenols is 1. The normalized spacial score (nSPS) is 18.0. The van der Waals surface area contributed by atoms with Crippen LogP contribution in [0.25, 0.3) is 21.5 Å². The van der Waals surface area contributed by atoms with Gasteiger partial charge in [-0.15, -0.1) is 5.06 Å². The van der Waals surface area contributed by atoms with Gasteiger partial charge < -0.3 is 48.4 Å². The number of nitrogens with zero attached hydrogens (tertiary/aromatic N) is 3. The third-order valence-corrected chi connectivity index (χ3v) is 21.0. The molecule has 0 aromatic heterocycles. The fraction of sp³-hybridized carbons (Fsp3) is 0.397. The van der Waals surface area contributed by atoms with Gasteiger partial charge in [0.2, 0.25) is 11.6 Å². The molecule has 0 radical (unpaired) electrons. The number of phenolic OH excluding ortho intramolecular Hbond substituents is 1. The minimum absolute atomic E-state index is 0. The summed E-state index contributed by atoms with van der Waals surface area (Å²) in [6, 6.07) is 8.92. The molecule has 5 aromatic carbocycles. The molecular formula is C63H68K3N5O20S4. The first kappa shape index (κ1) is 81.0. The van der Waals surface area contributed by atoms with Crippen LogP contribution < -0.4 is 174 Å². The summed E-state index contributed by atoms with van der Waals surface area (Å²) in [5, 5.41) is 16.4. The van der Waals surface area contributed by atoms with E-state index in [-0.39, 0.29) is 258 Å². The van der Waals surface area contributed by atoms with Crippen LogP contribution in [-0.4, -0.2) is 134 Å². The molecule has 4 aliphatic heterocycles. The number of fused-ring (bicyclic) bond motifs is 7. The number of unbranched alkanes of at least 4 members (excludes halogenated alkanes) is 2. The number of amides is 4. The second-order valence-corrected chi connectivity index (χ2v) is 29.9. The van der Waals surface area contributed by atoms with Crippen molar-refractivity contribution in [2.75, 3.05) is 31.1 Å². The summed E-state index contributed by atoms with van der Waals surface area (Å²) in [6.45, 7) is 14.8. The second kappa shape index (κ2) is 31.1. The van der Waals surface area contributed by atoms with Crippen LogP contribution in [0.5, 0.6) is 11.5 Å². The summed E-state index contributed by atoms with van der Waals surface area (Å²) in [7, 11) is -21.3. The number of nitrogens with one attached hydrogen (secondary N) is 2. The fourth-order valence-corrected chi connectivity index (χ4v) is 15.4. The number of aromatic hydroxyl groups is 1. The zero-order valence-electron chi connectivity index (χ0n) is 54.6. The fourth-order valence-electron chi connectivity index (χ4n) is 12.8. The molecule has 0 spiro atoms. The average molecular weight is 1460 g/mol. The first-order valence-electron chi connectivity index (χ1n) is 29.4. The Morgan fingerprint density at radius 1 is 0.653 bits per heavy atom. The van der Waals surface area contributed by atoms with E-state index in [4.69, 9.17) is 9.57 Å². The number of imide groups is 1. The zero-order valence-corrected chi connectivity index (χ0v) is 67.2. The monoisotopic (exact) mass is 1460 g/mol. The van der Waals surface area contributed by atoms with E-state index < -0.39 is 94.3 Å². The van der Waals surface area contributed by atoms with E-state index in [1.54, 1.807) is 84.1 Å². The molecule has 9 rings (SSSR count). The molecule has 95 heavy (non-hydrogen) atoms. The van der Waals surface area contributed by atoms with Crippen molar-refractivity contribution in [3.63, 3.8) is 0 Å². The smallest absolute Gasteiger partial charge is 0.744 e. The summed E-state index contributed by atoms with van der Waals surface area (Å²) in [6.07, 6.45) is 10.1. The Labute approximate surface area is 679 Å². The Hall–Kier alpha value is -2.99. The van der Waals surface area contributed by atoms with Crippen LogP contribution in [-0.2, 0) is 86.5 Å². The van der Waals surface area contributed by atoms with Gasteiger partial charge in [-0.3, -0.25) is 19.2 Å². The predicted molar refractivity (Wildman–Crippen MR) is 330 cm³/mol. The number of carbonyl (C=O) groups excluding carboxylic acids is 5. The minimum atomic E-state index is -5.35. The number of hydrogen-bond acceptors (Lipinski definition) is 21. The topological polar surface area (TPSA) is 386 Å². The standard InChI is InChI=1S/C63H71N5O20S4.3K/c1-36-37(2)59-41(38(3)58(36)73)26-27-63(8,87-59)60(74)65-29-28-64-52(69)18-12-14-30-66-46-22-20-42-44(32-39(89(75,76)77)34-48(42)91(81,82)83)56(46)61(4,5)50(66)16-10-9-11-17-51-62(6,7)57-45-33-40(90(78,79)80)35-49(92(84,85)86)43(45)21-23-47(57)67(51)31-15-13-19-55(72)88-68-53(70)24-25-54(68)71;;;/h9-11,16-17,20-23,32-35H,12-15,18-19,24-31H2,1-8H3,(H6-,64,65,69,73,74,75,76,77,78,79,80,81,82,83,84,85,86);;;/q;3*+1/p-3. The number of ether oxygens (including phenoxy) is 1. The quantitative estimate of drug-likeness (QED) is 0.0160. The van der Waals surface area contributed by atoms with Crippen molar-refractivity contribution >= 4 is 109 Å². The molecule has 1 atom stereocenters. The molecular weight excluding hydrogens is 1390 g/mol. The molecule has 1 unspecified atom stereocenters. The number of anilines is 1. The van der Waals surface area contributed by atoms with Gasteiger partial charge in [-0.05, 0) is 148 Å². The summed E-state index contributed by atoms with van der Waals surface area (Å²) < 4.78 is 159. The van der Waals surface area contributed by atoms with E-state index >= 15 is 0 Å². The summed E-state index contributed by atoms with van der Waals surface area (Å²) >= 11 is 0. The van der Waals surface area contributed by atoms with Gasteiger partial charge in [0.05, 0.1) is 25.0 Å². The van der Waals surface area contributed by atoms with Crippen molar-refractivity contribution in [3.05, 3.63) is 118 Å². The molecule has 0 aliphatic carbocycles. The molecule has 4 aliphatic rings. The maximum atomic E-state index is 13.5. The van der Waals surface area contributed by atoms with Crippen molar-refractivity contribution < 1.29 is 249 Å². The second-order valence-electron chi connectivity index (χ2n) is 24.4. The molecule has 0 saturated carbocycles. The van der Waals surface area contributed by atoms with Crippen LogP contribution >= 0.6 is 0 Å². The Kier molecular flexibility index (Phi) is 26.5. The molecule has 1 fully saturated rings. The molecule has 4 amide bonds. The van der Waals surface area contributed by atoms with E-state index in [1.165, 1.54) is 12.1 Å². The number of rotatable bonds is 22. The van der Waals surface area contributed by atoms with E-state index in [2.05, 4.69) is 10.6 Å². The van der Waals surface area contributed by atoms with Gasteiger partial charge in [-0.1, -0.05) is 38.1 Å². The van der Waals surface area contributed by atoms with E-state index in [0.717, 1.165) is 23.3 Å². The first-order chi connectivity index (χ1) is 42.8. The number of allylic oxidation sites excluding steroid dienone is 6. The molecule has 25 nitrogen and oxygen atoms in total. The molecule has 1 saturated heterocycles. The number of hydrogen-bond donors (Lipinski definition) is 3. The summed E-state index contributed by atoms with van der Waals surface area (Å²) in [5.41, 5.74) is 2.26. The Morgan fingerprint density at radius 2 is 1.21 bits per heavy atom.